The van der Waals surface area contributed by atoms with Crippen molar-refractivity contribution in [3.63, 3.8) is 0 Å². The predicted octanol–water partition coefficient (Wildman–Crippen LogP) is 4.24. The van der Waals surface area contributed by atoms with Crippen molar-refractivity contribution in [1.29, 1.82) is 0 Å². The number of benzene rings is 2. The summed E-state index contributed by atoms with van der Waals surface area (Å²) in [5.74, 6) is 0.447. The van der Waals surface area contributed by atoms with Crippen LogP contribution in [0.5, 0.6) is 0 Å². The van der Waals surface area contributed by atoms with Gasteiger partial charge in [0.2, 0.25) is 5.91 Å². The molecule has 0 heterocycles. The minimum Gasteiger partial charge on any atom is -0.326 e. The van der Waals surface area contributed by atoms with E-state index in [4.69, 9.17) is 0 Å². The Labute approximate surface area is 135 Å². The number of ketones is 1. The molecule has 22 heavy (non-hydrogen) atoms. The molecular weight excluding hydrogens is 294 g/mol. The molecule has 0 bridgehead atoms. The minimum atomic E-state index is -0.0922. The quantitative estimate of drug-likeness (QED) is 0.663. The number of carbonyl (C=O) groups excluding carboxylic acids is 2. The van der Waals surface area contributed by atoms with E-state index < -0.39 is 0 Å². The Morgan fingerprint density at radius 2 is 1.73 bits per heavy atom. The maximum atomic E-state index is 12.3. The summed E-state index contributed by atoms with van der Waals surface area (Å²) in [6.45, 7) is 5.46. The Morgan fingerprint density at radius 3 is 2.32 bits per heavy atom. The van der Waals surface area contributed by atoms with E-state index in [1.807, 2.05) is 56.3 Å². The molecule has 0 atom stereocenters. The van der Waals surface area contributed by atoms with Crippen molar-refractivity contribution >= 4 is 29.1 Å². The van der Waals surface area contributed by atoms with Gasteiger partial charge < -0.3 is 5.32 Å². The van der Waals surface area contributed by atoms with E-state index in [0.29, 0.717) is 5.75 Å². The summed E-state index contributed by atoms with van der Waals surface area (Å²) in [5.41, 5.74) is 3.73. The highest BCUT2D eigenvalue weighted by Crippen LogP contribution is 2.22. The number of amides is 1. The van der Waals surface area contributed by atoms with Gasteiger partial charge in [-0.2, -0.15) is 0 Å². The van der Waals surface area contributed by atoms with Gasteiger partial charge in [-0.1, -0.05) is 23.8 Å². The molecule has 114 valence electrons. The minimum absolute atomic E-state index is 0.0922. The van der Waals surface area contributed by atoms with E-state index in [1.165, 1.54) is 18.7 Å². The molecule has 0 fully saturated rings. The topological polar surface area (TPSA) is 46.2 Å². The van der Waals surface area contributed by atoms with Gasteiger partial charge in [-0.05, 0) is 43.7 Å². The van der Waals surface area contributed by atoms with E-state index in [-0.39, 0.29) is 11.7 Å². The molecule has 0 unspecified atom stereocenters. The number of anilines is 1. The molecule has 2 rings (SSSR count). The zero-order valence-electron chi connectivity index (χ0n) is 13.0. The third-order valence-electron chi connectivity index (χ3n) is 3.23. The molecule has 2 aromatic carbocycles. The largest absolute Gasteiger partial charge is 0.326 e. The van der Waals surface area contributed by atoms with Gasteiger partial charge >= 0.3 is 0 Å². The van der Waals surface area contributed by atoms with Crippen LogP contribution in [0.4, 0.5) is 5.69 Å². The molecule has 1 N–H and O–H groups in total. The molecule has 2 aromatic rings. The average molecular weight is 313 g/mol. The van der Waals surface area contributed by atoms with Crippen LogP contribution in [0.25, 0.3) is 0 Å². The van der Waals surface area contributed by atoms with Gasteiger partial charge in [0.1, 0.15) is 0 Å². The second-order valence-corrected chi connectivity index (χ2v) is 6.28. The second kappa shape index (κ2) is 7.27. The summed E-state index contributed by atoms with van der Waals surface area (Å²) >= 11 is 1.50. The van der Waals surface area contributed by atoms with Crippen molar-refractivity contribution in [3.05, 3.63) is 59.2 Å². The lowest BCUT2D eigenvalue weighted by atomic mass is 10.0. The van der Waals surface area contributed by atoms with Crippen molar-refractivity contribution in [2.75, 3.05) is 11.1 Å². The van der Waals surface area contributed by atoms with Crippen LogP contribution in [-0.4, -0.2) is 17.4 Å². The Kier molecular flexibility index (Phi) is 5.39. The summed E-state index contributed by atoms with van der Waals surface area (Å²) in [7, 11) is 0. The van der Waals surface area contributed by atoms with Gasteiger partial charge in [-0.15, -0.1) is 11.8 Å². The lowest BCUT2D eigenvalue weighted by Gasteiger charge is -2.07. The van der Waals surface area contributed by atoms with Crippen LogP contribution in [-0.2, 0) is 4.79 Å². The van der Waals surface area contributed by atoms with Crippen molar-refractivity contribution in [1.82, 2.24) is 0 Å². The first kappa shape index (κ1) is 16.3. The normalized spacial score (nSPS) is 10.3. The monoisotopic (exact) mass is 313 g/mol. The molecule has 1 amide bonds. The molecule has 0 spiro atoms. The van der Waals surface area contributed by atoms with Crippen LogP contribution < -0.4 is 5.32 Å². The SMILES string of the molecule is CC(=O)Nc1ccc(SCC(=O)c2ccc(C)cc2C)cc1. The van der Waals surface area contributed by atoms with Gasteiger partial charge in [0, 0.05) is 23.1 Å². The Morgan fingerprint density at radius 1 is 1.05 bits per heavy atom. The van der Waals surface area contributed by atoms with E-state index in [9.17, 15) is 9.59 Å². The molecule has 0 aliphatic heterocycles. The molecule has 0 aromatic heterocycles. The molecular formula is C18H19NO2S. The van der Waals surface area contributed by atoms with Gasteiger partial charge in [-0.3, -0.25) is 9.59 Å². The summed E-state index contributed by atoms with van der Waals surface area (Å²) in [6, 6.07) is 13.4. The fourth-order valence-corrected chi connectivity index (χ4v) is 2.97. The van der Waals surface area contributed by atoms with Crippen molar-refractivity contribution in [2.45, 2.75) is 25.7 Å². The molecule has 0 saturated heterocycles. The maximum absolute atomic E-state index is 12.3. The molecule has 0 aliphatic carbocycles. The molecule has 3 nitrogen and oxygen atoms in total. The highest BCUT2D eigenvalue weighted by molar-refractivity contribution is 8.00. The Balaban J connectivity index is 1.97. The van der Waals surface area contributed by atoms with Gasteiger partial charge in [-0.25, -0.2) is 0 Å². The molecule has 4 heteroatoms. The first-order valence-corrected chi connectivity index (χ1v) is 8.05. The number of rotatable bonds is 5. The van der Waals surface area contributed by atoms with Crippen LogP contribution >= 0.6 is 11.8 Å². The van der Waals surface area contributed by atoms with E-state index in [0.717, 1.165) is 27.3 Å². The number of thioether (sulfide) groups is 1. The van der Waals surface area contributed by atoms with Crippen LogP contribution in [0.2, 0.25) is 0 Å². The third-order valence-corrected chi connectivity index (χ3v) is 4.24. The summed E-state index contributed by atoms with van der Waals surface area (Å²) < 4.78 is 0. The Hall–Kier alpha value is -2.07. The van der Waals surface area contributed by atoms with Gasteiger partial charge in [0.15, 0.2) is 5.78 Å². The van der Waals surface area contributed by atoms with E-state index in [1.54, 1.807) is 0 Å². The zero-order valence-corrected chi connectivity index (χ0v) is 13.8. The summed E-state index contributed by atoms with van der Waals surface area (Å²) in [4.78, 5) is 24.3. The molecule has 0 aliphatic rings. The van der Waals surface area contributed by atoms with E-state index in [2.05, 4.69) is 5.32 Å². The number of carbonyl (C=O) groups is 2. The number of nitrogens with one attached hydrogen (secondary N) is 1. The number of Topliss-reactive ketones (excluding diaryl/α,β-unsaturated/α-hetero) is 1. The fourth-order valence-electron chi connectivity index (χ4n) is 2.19. The van der Waals surface area contributed by atoms with Gasteiger partial charge in [0.05, 0.1) is 5.75 Å². The maximum Gasteiger partial charge on any atom is 0.221 e. The Bertz CT molecular complexity index is 693. The van der Waals surface area contributed by atoms with Gasteiger partial charge in [0.25, 0.3) is 0 Å². The molecule has 0 radical (unpaired) electrons. The lowest BCUT2D eigenvalue weighted by molar-refractivity contribution is -0.114. The number of hydrogen-bond donors (Lipinski definition) is 1. The zero-order chi connectivity index (χ0) is 16.1. The van der Waals surface area contributed by atoms with Crippen molar-refractivity contribution in [3.8, 4) is 0 Å². The van der Waals surface area contributed by atoms with Crippen LogP contribution in [0.1, 0.15) is 28.4 Å². The fraction of sp³-hybridized carbons (Fsp3) is 0.222. The third kappa shape index (κ3) is 4.46. The van der Waals surface area contributed by atoms with Crippen molar-refractivity contribution in [2.24, 2.45) is 0 Å². The standard InChI is InChI=1S/C18H19NO2S/c1-12-4-9-17(13(2)10-12)18(21)11-22-16-7-5-15(6-8-16)19-14(3)20/h4-10H,11H2,1-3H3,(H,19,20). The van der Waals surface area contributed by atoms with Crippen LogP contribution in [0, 0.1) is 13.8 Å². The number of aryl methyl sites for hydroxylation is 2. The lowest BCUT2D eigenvalue weighted by Crippen LogP contribution is -2.06. The average Bonchev–Trinajstić information content (AvgIpc) is 2.45. The second-order valence-electron chi connectivity index (χ2n) is 5.24. The summed E-state index contributed by atoms with van der Waals surface area (Å²) in [5, 5.41) is 2.72. The smallest absolute Gasteiger partial charge is 0.221 e. The highest BCUT2D eigenvalue weighted by atomic mass is 32.2. The van der Waals surface area contributed by atoms with Crippen LogP contribution in [0.15, 0.2) is 47.4 Å². The number of hydrogen-bond acceptors (Lipinski definition) is 3. The first-order valence-electron chi connectivity index (χ1n) is 7.06. The first-order chi connectivity index (χ1) is 10.5. The molecule has 0 saturated carbocycles. The summed E-state index contributed by atoms with van der Waals surface area (Å²) in [6.07, 6.45) is 0. The van der Waals surface area contributed by atoms with Crippen molar-refractivity contribution < 1.29 is 9.59 Å². The van der Waals surface area contributed by atoms with Crippen LogP contribution in [0.3, 0.4) is 0 Å². The highest BCUT2D eigenvalue weighted by Gasteiger charge is 2.09. The predicted molar refractivity (Wildman–Crippen MR) is 91.7 cm³/mol. The van der Waals surface area contributed by atoms with E-state index >= 15 is 0 Å².